The Labute approximate surface area is 126 Å². The van der Waals surface area contributed by atoms with E-state index >= 15 is 0 Å². The van der Waals surface area contributed by atoms with Crippen molar-refractivity contribution in [1.82, 2.24) is 4.98 Å². The van der Waals surface area contributed by atoms with Crippen molar-refractivity contribution in [3.63, 3.8) is 0 Å². The van der Waals surface area contributed by atoms with E-state index in [1.807, 2.05) is 24.3 Å². The van der Waals surface area contributed by atoms with Crippen LogP contribution < -0.4 is 10.5 Å². The Hall–Kier alpha value is -2.17. The third-order valence-corrected chi connectivity index (χ3v) is 3.37. The summed E-state index contributed by atoms with van der Waals surface area (Å²) in [6, 6.07) is 13.6. The van der Waals surface area contributed by atoms with Gasteiger partial charge in [0.1, 0.15) is 17.3 Å². The van der Waals surface area contributed by atoms with Gasteiger partial charge in [-0.1, -0.05) is 23.7 Å². The molecule has 3 aromatic rings. The molecule has 0 fully saturated rings. The zero-order valence-corrected chi connectivity index (χ0v) is 11.8. The molecule has 3 rings (SSSR count). The average molecular weight is 303 g/mol. The molecule has 106 valence electrons. The molecule has 0 saturated heterocycles. The number of hydrogen-bond acceptors (Lipinski definition) is 3. The SMILES string of the molecule is NCc1cc(Oc2ccc(Cl)c(F)c2)c2ccccc2n1. The van der Waals surface area contributed by atoms with Gasteiger partial charge < -0.3 is 10.5 Å². The monoisotopic (exact) mass is 302 g/mol. The Morgan fingerprint density at radius 3 is 2.71 bits per heavy atom. The summed E-state index contributed by atoms with van der Waals surface area (Å²) in [6.45, 7) is 0.302. The zero-order chi connectivity index (χ0) is 14.8. The molecule has 2 N–H and O–H groups in total. The first-order chi connectivity index (χ1) is 10.2. The van der Waals surface area contributed by atoms with Crippen molar-refractivity contribution < 1.29 is 9.13 Å². The van der Waals surface area contributed by atoms with Gasteiger partial charge in [-0.15, -0.1) is 0 Å². The highest BCUT2D eigenvalue weighted by Gasteiger charge is 2.09. The fourth-order valence-corrected chi connectivity index (χ4v) is 2.17. The van der Waals surface area contributed by atoms with Gasteiger partial charge in [0.25, 0.3) is 0 Å². The van der Waals surface area contributed by atoms with E-state index in [9.17, 15) is 4.39 Å². The summed E-state index contributed by atoms with van der Waals surface area (Å²) in [5, 5.41) is 0.898. The summed E-state index contributed by atoms with van der Waals surface area (Å²) < 4.78 is 19.3. The summed E-state index contributed by atoms with van der Waals surface area (Å²) in [4.78, 5) is 4.43. The molecular formula is C16H12ClFN2O. The number of benzene rings is 2. The summed E-state index contributed by atoms with van der Waals surface area (Å²) in [5.41, 5.74) is 7.14. The second-order valence-electron chi connectivity index (χ2n) is 4.51. The van der Waals surface area contributed by atoms with Crippen LogP contribution in [0.4, 0.5) is 4.39 Å². The van der Waals surface area contributed by atoms with Crippen molar-refractivity contribution in [2.45, 2.75) is 6.54 Å². The lowest BCUT2D eigenvalue weighted by Crippen LogP contribution is -2.00. The minimum atomic E-state index is -0.522. The Morgan fingerprint density at radius 1 is 1.14 bits per heavy atom. The molecule has 1 heterocycles. The second-order valence-corrected chi connectivity index (χ2v) is 4.92. The fraction of sp³-hybridized carbons (Fsp3) is 0.0625. The standard InChI is InChI=1S/C16H12ClFN2O/c17-13-6-5-11(8-14(13)18)21-16-7-10(9-19)20-15-4-2-1-3-12(15)16/h1-8H,9,19H2. The molecular weight excluding hydrogens is 291 g/mol. The number of ether oxygens (including phenoxy) is 1. The van der Waals surface area contributed by atoms with Crippen LogP contribution in [0.25, 0.3) is 10.9 Å². The molecule has 0 aliphatic heterocycles. The highest BCUT2D eigenvalue weighted by atomic mass is 35.5. The molecule has 0 amide bonds. The first kappa shape index (κ1) is 13.8. The highest BCUT2D eigenvalue weighted by Crippen LogP contribution is 2.31. The number of rotatable bonds is 3. The smallest absolute Gasteiger partial charge is 0.145 e. The Balaban J connectivity index is 2.08. The number of aromatic nitrogens is 1. The largest absolute Gasteiger partial charge is 0.456 e. The van der Waals surface area contributed by atoms with E-state index in [1.54, 1.807) is 12.1 Å². The zero-order valence-electron chi connectivity index (χ0n) is 11.0. The minimum absolute atomic E-state index is 0.0598. The van der Waals surface area contributed by atoms with E-state index in [1.165, 1.54) is 12.1 Å². The molecule has 2 aromatic carbocycles. The number of hydrogen-bond donors (Lipinski definition) is 1. The highest BCUT2D eigenvalue weighted by molar-refractivity contribution is 6.30. The summed E-state index contributed by atoms with van der Waals surface area (Å²) in [7, 11) is 0. The molecule has 0 spiro atoms. The van der Waals surface area contributed by atoms with Gasteiger partial charge in [-0.2, -0.15) is 0 Å². The molecule has 0 saturated carbocycles. The number of nitrogens with zero attached hydrogens (tertiary/aromatic N) is 1. The normalized spacial score (nSPS) is 10.8. The van der Waals surface area contributed by atoms with E-state index in [-0.39, 0.29) is 5.02 Å². The summed E-state index contributed by atoms with van der Waals surface area (Å²) in [5.74, 6) is 0.436. The molecule has 0 bridgehead atoms. The summed E-state index contributed by atoms with van der Waals surface area (Å²) in [6.07, 6.45) is 0. The van der Waals surface area contributed by atoms with Gasteiger partial charge in [-0.3, -0.25) is 4.98 Å². The molecule has 0 radical (unpaired) electrons. The van der Waals surface area contributed by atoms with Crippen LogP contribution in [0.15, 0.2) is 48.5 Å². The minimum Gasteiger partial charge on any atom is -0.456 e. The van der Waals surface area contributed by atoms with Gasteiger partial charge in [0, 0.05) is 24.1 Å². The fourth-order valence-electron chi connectivity index (χ4n) is 2.05. The first-order valence-corrected chi connectivity index (χ1v) is 6.77. The number of nitrogens with two attached hydrogens (primary N) is 1. The maximum absolute atomic E-state index is 13.5. The summed E-state index contributed by atoms with van der Waals surface area (Å²) >= 11 is 5.67. The molecule has 21 heavy (non-hydrogen) atoms. The predicted molar refractivity (Wildman–Crippen MR) is 81.1 cm³/mol. The van der Waals surface area contributed by atoms with Gasteiger partial charge >= 0.3 is 0 Å². The van der Waals surface area contributed by atoms with Gasteiger partial charge in [-0.05, 0) is 24.3 Å². The number of halogens is 2. The maximum Gasteiger partial charge on any atom is 0.145 e. The third kappa shape index (κ3) is 2.82. The van der Waals surface area contributed by atoms with E-state index in [0.29, 0.717) is 23.7 Å². The van der Waals surface area contributed by atoms with Gasteiger partial charge in [-0.25, -0.2) is 4.39 Å². The van der Waals surface area contributed by atoms with Gasteiger partial charge in [0.2, 0.25) is 0 Å². The Kier molecular flexibility index (Phi) is 3.73. The van der Waals surface area contributed by atoms with Crippen LogP contribution in [0.2, 0.25) is 5.02 Å². The van der Waals surface area contributed by atoms with Crippen LogP contribution >= 0.6 is 11.6 Å². The molecule has 0 unspecified atom stereocenters. The van der Waals surface area contributed by atoms with Gasteiger partial charge in [0.15, 0.2) is 0 Å². The molecule has 1 aromatic heterocycles. The Morgan fingerprint density at radius 2 is 1.95 bits per heavy atom. The van der Waals surface area contributed by atoms with Crippen LogP contribution in [0.5, 0.6) is 11.5 Å². The van der Waals surface area contributed by atoms with Crippen LogP contribution in [0, 0.1) is 5.82 Å². The van der Waals surface area contributed by atoms with Crippen LogP contribution in [-0.2, 0) is 6.54 Å². The third-order valence-electron chi connectivity index (χ3n) is 3.06. The van der Waals surface area contributed by atoms with Crippen molar-refractivity contribution in [3.05, 3.63) is 65.1 Å². The molecule has 5 heteroatoms. The van der Waals surface area contributed by atoms with Crippen molar-refractivity contribution in [2.75, 3.05) is 0 Å². The van der Waals surface area contributed by atoms with Crippen LogP contribution in [-0.4, -0.2) is 4.98 Å². The number of pyridine rings is 1. The maximum atomic E-state index is 13.5. The van der Waals surface area contributed by atoms with E-state index in [2.05, 4.69) is 4.98 Å². The average Bonchev–Trinajstić information content (AvgIpc) is 2.51. The lowest BCUT2D eigenvalue weighted by Gasteiger charge is -2.11. The van der Waals surface area contributed by atoms with Crippen LogP contribution in [0.3, 0.4) is 0 Å². The van der Waals surface area contributed by atoms with Crippen molar-refractivity contribution in [2.24, 2.45) is 5.73 Å². The Bertz CT molecular complexity index is 807. The van der Waals surface area contributed by atoms with Crippen molar-refractivity contribution in [3.8, 4) is 11.5 Å². The molecule has 3 nitrogen and oxygen atoms in total. The van der Waals surface area contributed by atoms with Crippen molar-refractivity contribution >= 4 is 22.5 Å². The first-order valence-electron chi connectivity index (χ1n) is 6.39. The quantitative estimate of drug-likeness (QED) is 0.785. The molecule has 0 atom stereocenters. The molecule has 0 aliphatic carbocycles. The van der Waals surface area contributed by atoms with E-state index < -0.39 is 5.82 Å². The number of fused-ring (bicyclic) bond motifs is 1. The lowest BCUT2D eigenvalue weighted by atomic mass is 10.2. The second kappa shape index (κ2) is 5.68. The topological polar surface area (TPSA) is 48.1 Å². The number of para-hydroxylation sites is 1. The van der Waals surface area contributed by atoms with Gasteiger partial charge in [0.05, 0.1) is 16.2 Å². The van der Waals surface area contributed by atoms with Crippen LogP contribution in [0.1, 0.15) is 5.69 Å². The van der Waals surface area contributed by atoms with E-state index in [4.69, 9.17) is 22.1 Å². The molecule has 0 aliphatic rings. The lowest BCUT2D eigenvalue weighted by molar-refractivity contribution is 0.481. The predicted octanol–water partition coefficient (Wildman–Crippen LogP) is 4.28. The van der Waals surface area contributed by atoms with Crippen molar-refractivity contribution in [1.29, 1.82) is 0 Å². The van der Waals surface area contributed by atoms with E-state index in [0.717, 1.165) is 10.9 Å².